The largest absolute Gasteiger partial charge is 0.369 e. The van der Waals surface area contributed by atoms with Gasteiger partial charge in [0.25, 0.3) is 0 Å². The summed E-state index contributed by atoms with van der Waals surface area (Å²) in [4.78, 5) is 11.4. The number of halogens is 1. The number of piperazine rings is 1. The molecule has 1 aliphatic carbocycles. The number of anilines is 5. The highest BCUT2D eigenvalue weighted by atomic mass is 79.9. The van der Waals surface area contributed by atoms with Crippen molar-refractivity contribution < 1.29 is 0 Å². The van der Waals surface area contributed by atoms with E-state index in [1.54, 1.807) is 6.20 Å². The molecule has 0 radical (unpaired) electrons. The van der Waals surface area contributed by atoms with Crippen molar-refractivity contribution in [2.45, 2.75) is 18.8 Å². The zero-order valence-electron chi connectivity index (χ0n) is 16.0. The van der Waals surface area contributed by atoms with Crippen LogP contribution in [0.2, 0.25) is 0 Å². The van der Waals surface area contributed by atoms with Crippen molar-refractivity contribution in [3.05, 3.63) is 46.7 Å². The van der Waals surface area contributed by atoms with Crippen LogP contribution in [0.5, 0.6) is 0 Å². The number of hydrogen-bond acceptors (Lipinski definition) is 7. The summed E-state index contributed by atoms with van der Waals surface area (Å²) in [6, 6.07) is 10.4. The average molecular weight is 455 g/mol. The molecule has 2 aliphatic rings. The van der Waals surface area contributed by atoms with Crippen LogP contribution in [0.4, 0.5) is 29.0 Å². The standard InChI is InChI=1S/C20H23BrN8/c21-16-12-23-20(26-19(16)25-18-11-17(27-28-18)13-1-2-13)24-14-3-5-15(6-4-14)29-9-7-22-8-10-29/h3-6,11-13,22H,1-2,7-10H2,(H3,23,24,25,26,27,28). The van der Waals surface area contributed by atoms with E-state index in [1.807, 2.05) is 6.07 Å². The van der Waals surface area contributed by atoms with Crippen molar-refractivity contribution in [3.63, 3.8) is 0 Å². The lowest BCUT2D eigenvalue weighted by Crippen LogP contribution is -2.43. The number of aromatic amines is 1. The minimum absolute atomic E-state index is 0.535. The normalized spacial score (nSPS) is 16.7. The predicted octanol–water partition coefficient (Wildman–Crippen LogP) is 3.74. The van der Waals surface area contributed by atoms with Crippen LogP contribution in [0.25, 0.3) is 0 Å². The molecule has 0 spiro atoms. The molecule has 0 unspecified atom stereocenters. The van der Waals surface area contributed by atoms with Gasteiger partial charge in [-0.2, -0.15) is 10.1 Å². The maximum Gasteiger partial charge on any atom is 0.229 e. The van der Waals surface area contributed by atoms with E-state index >= 15 is 0 Å². The van der Waals surface area contributed by atoms with E-state index in [1.165, 1.54) is 18.5 Å². The van der Waals surface area contributed by atoms with Crippen molar-refractivity contribution in [2.24, 2.45) is 0 Å². The third-order valence-electron chi connectivity index (χ3n) is 5.20. The molecule has 1 aromatic carbocycles. The number of rotatable bonds is 6. The number of nitrogens with one attached hydrogen (secondary N) is 4. The Balaban J connectivity index is 1.27. The van der Waals surface area contributed by atoms with E-state index < -0.39 is 0 Å². The van der Waals surface area contributed by atoms with E-state index in [-0.39, 0.29) is 0 Å². The molecule has 1 saturated carbocycles. The summed E-state index contributed by atoms with van der Waals surface area (Å²) >= 11 is 3.51. The van der Waals surface area contributed by atoms with Gasteiger partial charge >= 0.3 is 0 Å². The number of H-pyrrole nitrogens is 1. The fraction of sp³-hybridized carbons (Fsp3) is 0.350. The van der Waals surface area contributed by atoms with Crippen molar-refractivity contribution in [1.29, 1.82) is 0 Å². The molecular formula is C20H23BrN8. The van der Waals surface area contributed by atoms with Gasteiger partial charge in [0.05, 0.1) is 10.2 Å². The Morgan fingerprint density at radius 2 is 1.86 bits per heavy atom. The number of nitrogens with zero attached hydrogens (tertiary/aromatic N) is 4. The summed E-state index contributed by atoms with van der Waals surface area (Å²) < 4.78 is 0.791. The third kappa shape index (κ3) is 4.35. The lowest BCUT2D eigenvalue weighted by Gasteiger charge is -2.29. The minimum atomic E-state index is 0.535. The summed E-state index contributed by atoms with van der Waals surface area (Å²) in [6.07, 6.45) is 4.19. The molecule has 9 heteroatoms. The lowest BCUT2D eigenvalue weighted by atomic mass is 10.2. The molecule has 0 amide bonds. The second-order valence-corrected chi connectivity index (χ2v) is 8.26. The number of hydrogen-bond donors (Lipinski definition) is 4. The van der Waals surface area contributed by atoms with Crippen LogP contribution in [0.15, 0.2) is 41.0 Å². The Morgan fingerprint density at radius 3 is 2.62 bits per heavy atom. The average Bonchev–Trinajstić information content (AvgIpc) is 3.51. The van der Waals surface area contributed by atoms with E-state index in [9.17, 15) is 0 Å². The maximum atomic E-state index is 4.60. The molecule has 1 aliphatic heterocycles. The number of benzene rings is 1. The van der Waals surface area contributed by atoms with Gasteiger partial charge < -0.3 is 20.9 Å². The van der Waals surface area contributed by atoms with Crippen molar-refractivity contribution in [3.8, 4) is 0 Å². The molecule has 150 valence electrons. The van der Waals surface area contributed by atoms with Crippen LogP contribution in [0.1, 0.15) is 24.5 Å². The zero-order chi connectivity index (χ0) is 19.6. The van der Waals surface area contributed by atoms with E-state index in [4.69, 9.17) is 0 Å². The lowest BCUT2D eigenvalue weighted by molar-refractivity contribution is 0.589. The molecular weight excluding hydrogens is 432 g/mol. The Morgan fingerprint density at radius 1 is 1.07 bits per heavy atom. The summed E-state index contributed by atoms with van der Waals surface area (Å²) in [5.74, 6) is 2.66. The van der Waals surface area contributed by atoms with Crippen LogP contribution in [0.3, 0.4) is 0 Å². The van der Waals surface area contributed by atoms with Gasteiger partial charge in [-0.1, -0.05) is 0 Å². The first-order chi connectivity index (χ1) is 14.2. The smallest absolute Gasteiger partial charge is 0.229 e. The first-order valence-corrected chi connectivity index (χ1v) is 10.7. The zero-order valence-corrected chi connectivity index (χ0v) is 17.5. The molecule has 1 saturated heterocycles. The van der Waals surface area contributed by atoms with Gasteiger partial charge in [0.1, 0.15) is 5.82 Å². The highest BCUT2D eigenvalue weighted by Gasteiger charge is 2.26. The van der Waals surface area contributed by atoms with Crippen LogP contribution in [0, 0.1) is 0 Å². The van der Waals surface area contributed by atoms with Gasteiger partial charge in [-0.05, 0) is 53.0 Å². The topological polar surface area (TPSA) is 93.8 Å². The summed E-state index contributed by atoms with van der Waals surface area (Å²) in [6.45, 7) is 4.13. The summed E-state index contributed by atoms with van der Waals surface area (Å²) in [5.41, 5.74) is 3.30. The van der Waals surface area contributed by atoms with Crippen LogP contribution >= 0.6 is 15.9 Å². The van der Waals surface area contributed by atoms with Crippen LogP contribution in [-0.2, 0) is 0 Å². The molecule has 8 nitrogen and oxygen atoms in total. The predicted molar refractivity (Wildman–Crippen MR) is 118 cm³/mol. The molecule has 5 rings (SSSR count). The minimum Gasteiger partial charge on any atom is -0.369 e. The number of aromatic nitrogens is 4. The van der Waals surface area contributed by atoms with Gasteiger partial charge in [0, 0.05) is 55.7 Å². The molecule has 4 N–H and O–H groups in total. The van der Waals surface area contributed by atoms with E-state index in [0.717, 1.165) is 47.9 Å². The van der Waals surface area contributed by atoms with Gasteiger partial charge in [0.15, 0.2) is 5.82 Å². The SMILES string of the molecule is Brc1cnc(Nc2ccc(N3CCNCC3)cc2)nc1Nc1cc(C2CC2)n[nH]1. The van der Waals surface area contributed by atoms with Crippen LogP contribution in [-0.4, -0.2) is 46.3 Å². The quantitative estimate of drug-likeness (QED) is 0.450. The van der Waals surface area contributed by atoms with Gasteiger partial charge in [-0.15, -0.1) is 0 Å². The van der Waals surface area contributed by atoms with Crippen molar-refractivity contribution >= 4 is 44.9 Å². The first kappa shape index (κ1) is 18.4. The fourth-order valence-electron chi connectivity index (χ4n) is 3.44. The third-order valence-corrected chi connectivity index (χ3v) is 5.78. The molecule has 2 fully saturated rings. The molecule has 0 bridgehead atoms. The second kappa shape index (κ2) is 8.00. The maximum absolute atomic E-state index is 4.60. The van der Waals surface area contributed by atoms with E-state index in [0.29, 0.717) is 17.7 Å². The van der Waals surface area contributed by atoms with E-state index in [2.05, 4.69) is 81.2 Å². The summed E-state index contributed by atoms with van der Waals surface area (Å²) in [5, 5.41) is 17.4. The second-order valence-electron chi connectivity index (χ2n) is 7.40. The highest BCUT2D eigenvalue weighted by molar-refractivity contribution is 9.10. The monoisotopic (exact) mass is 454 g/mol. The van der Waals surface area contributed by atoms with Gasteiger partial charge in [-0.3, -0.25) is 5.10 Å². The molecule has 29 heavy (non-hydrogen) atoms. The fourth-order valence-corrected chi connectivity index (χ4v) is 3.73. The Kier molecular flexibility index (Phi) is 5.07. The molecule has 2 aromatic heterocycles. The van der Waals surface area contributed by atoms with Crippen molar-refractivity contribution in [2.75, 3.05) is 41.7 Å². The Bertz CT molecular complexity index is 976. The van der Waals surface area contributed by atoms with Crippen LogP contribution < -0.4 is 20.9 Å². The van der Waals surface area contributed by atoms with Gasteiger partial charge in [-0.25, -0.2) is 4.98 Å². The molecule has 3 heterocycles. The van der Waals surface area contributed by atoms with Gasteiger partial charge in [0.2, 0.25) is 5.95 Å². The molecule has 0 atom stereocenters. The first-order valence-electron chi connectivity index (χ1n) is 9.92. The van der Waals surface area contributed by atoms with Crippen molar-refractivity contribution in [1.82, 2.24) is 25.5 Å². The molecule has 3 aromatic rings. The summed E-state index contributed by atoms with van der Waals surface area (Å²) in [7, 11) is 0. The Hall–Kier alpha value is -2.65. The Labute approximate surface area is 177 Å². The highest BCUT2D eigenvalue weighted by Crippen LogP contribution is 2.39.